The third kappa shape index (κ3) is 3.44. The highest BCUT2D eigenvalue weighted by Crippen LogP contribution is 2.37. The van der Waals surface area contributed by atoms with Gasteiger partial charge in [-0.15, -0.1) is 0 Å². The van der Waals surface area contributed by atoms with Crippen LogP contribution in [0.15, 0.2) is 72.3 Å². The molecule has 1 radical (unpaired) electrons. The second-order valence-electron chi connectivity index (χ2n) is 6.27. The maximum Gasteiger partial charge on any atom is 0.107 e. The number of allylic oxidation sites excluding steroid dienone is 3. The van der Waals surface area contributed by atoms with Crippen molar-refractivity contribution in [1.29, 1.82) is 0 Å². The molecule has 2 aromatic rings. The molecule has 1 aliphatic rings. The van der Waals surface area contributed by atoms with Crippen LogP contribution < -0.4 is 0 Å². The highest BCUT2D eigenvalue weighted by molar-refractivity contribution is 5.70. The molecule has 117 valence electrons. The zero-order valence-electron chi connectivity index (χ0n) is 13.7. The summed E-state index contributed by atoms with van der Waals surface area (Å²) in [6.45, 7) is 0.796. The average molecular weight is 304 g/mol. The fourth-order valence-electron chi connectivity index (χ4n) is 3.15. The summed E-state index contributed by atoms with van der Waals surface area (Å²) < 4.78 is 0. The summed E-state index contributed by atoms with van der Waals surface area (Å²) in [7, 11) is 4.20. The van der Waals surface area contributed by atoms with Crippen molar-refractivity contribution in [2.45, 2.75) is 12.5 Å². The quantitative estimate of drug-likeness (QED) is 0.801. The fraction of sp³-hybridized carbons (Fsp3) is 0.238. The van der Waals surface area contributed by atoms with Crippen molar-refractivity contribution < 1.29 is 5.11 Å². The minimum absolute atomic E-state index is 0.164. The third-order valence-corrected chi connectivity index (χ3v) is 4.24. The molecule has 0 aliphatic heterocycles. The largest absolute Gasteiger partial charge is 0.305 e. The molecule has 2 heteroatoms. The Morgan fingerprint density at radius 1 is 1.00 bits per heavy atom. The van der Waals surface area contributed by atoms with Crippen molar-refractivity contribution in [2.75, 3.05) is 20.6 Å². The summed E-state index contributed by atoms with van der Waals surface area (Å²) in [6, 6.07) is 16.5. The van der Waals surface area contributed by atoms with Crippen LogP contribution in [0.2, 0.25) is 0 Å². The second kappa shape index (κ2) is 6.95. The molecule has 23 heavy (non-hydrogen) atoms. The second-order valence-corrected chi connectivity index (χ2v) is 6.27. The van der Waals surface area contributed by atoms with E-state index in [-0.39, 0.29) is 6.61 Å². The Hall–Kier alpha value is -2.16. The minimum Gasteiger partial charge on any atom is -0.305 e. The van der Waals surface area contributed by atoms with E-state index in [1.807, 2.05) is 12.1 Å². The molecule has 0 saturated heterocycles. The molecule has 2 aromatic carbocycles. The molecule has 0 aromatic heterocycles. The van der Waals surface area contributed by atoms with Crippen molar-refractivity contribution in [3.8, 4) is 11.1 Å². The number of likely N-dealkylation sites (N-methyl/N-ethyl adjacent to an activating group) is 1. The number of benzene rings is 2. The number of hydrogen-bond donors (Lipinski definition) is 0. The van der Waals surface area contributed by atoms with Gasteiger partial charge in [0.2, 0.25) is 0 Å². The van der Waals surface area contributed by atoms with Gasteiger partial charge in [0, 0.05) is 12.5 Å². The molecule has 0 N–H and O–H groups in total. The maximum absolute atomic E-state index is 11.0. The molecule has 1 unspecified atom stereocenters. The Labute approximate surface area is 138 Å². The topological polar surface area (TPSA) is 23.1 Å². The van der Waals surface area contributed by atoms with Crippen molar-refractivity contribution in [3.63, 3.8) is 0 Å². The zero-order chi connectivity index (χ0) is 16.2. The van der Waals surface area contributed by atoms with Crippen LogP contribution >= 0.6 is 0 Å². The van der Waals surface area contributed by atoms with Gasteiger partial charge in [0.1, 0.15) is 6.61 Å². The Bertz CT molecular complexity index is 726. The minimum atomic E-state index is -0.164. The van der Waals surface area contributed by atoms with E-state index in [4.69, 9.17) is 0 Å². The van der Waals surface area contributed by atoms with Gasteiger partial charge in [-0.2, -0.15) is 0 Å². The number of rotatable bonds is 5. The Kier molecular flexibility index (Phi) is 4.75. The van der Waals surface area contributed by atoms with Crippen molar-refractivity contribution in [1.82, 2.24) is 4.90 Å². The fourth-order valence-corrected chi connectivity index (χ4v) is 3.15. The Morgan fingerprint density at radius 2 is 1.74 bits per heavy atom. The van der Waals surface area contributed by atoms with Crippen molar-refractivity contribution >= 4 is 0 Å². The van der Waals surface area contributed by atoms with Crippen LogP contribution in [-0.4, -0.2) is 25.5 Å². The molecule has 0 bridgehead atoms. The van der Waals surface area contributed by atoms with Gasteiger partial charge in [0.05, 0.1) is 0 Å². The van der Waals surface area contributed by atoms with Gasteiger partial charge in [0.25, 0.3) is 0 Å². The van der Waals surface area contributed by atoms with E-state index in [0.29, 0.717) is 5.92 Å². The van der Waals surface area contributed by atoms with Crippen LogP contribution in [0.5, 0.6) is 0 Å². The van der Waals surface area contributed by atoms with Gasteiger partial charge >= 0.3 is 0 Å². The lowest BCUT2D eigenvalue weighted by Gasteiger charge is -2.21. The Morgan fingerprint density at radius 3 is 2.43 bits per heavy atom. The maximum atomic E-state index is 11.0. The molecule has 1 aliphatic carbocycles. The number of nitrogens with zero attached hydrogens (tertiary/aromatic N) is 1. The molecule has 0 saturated carbocycles. The summed E-state index contributed by atoms with van der Waals surface area (Å²) in [5.41, 5.74) is 5.98. The zero-order valence-corrected chi connectivity index (χ0v) is 13.7. The van der Waals surface area contributed by atoms with E-state index in [1.54, 1.807) is 0 Å². The van der Waals surface area contributed by atoms with Crippen LogP contribution in [-0.2, 0) is 11.7 Å². The van der Waals surface area contributed by atoms with Gasteiger partial charge in [-0.25, -0.2) is 5.11 Å². The molecular formula is C21H22NO. The molecule has 0 spiro atoms. The summed E-state index contributed by atoms with van der Waals surface area (Å²) in [4.78, 5) is 2.21. The van der Waals surface area contributed by atoms with Gasteiger partial charge in [-0.05, 0) is 41.9 Å². The molecule has 2 nitrogen and oxygen atoms in total. The SMILES string of the molecule is CN(C)CC1=CC=CC1c1ccccc1-c1ccc(C[O])cc1. The first-order chi connectivity index (χ1) is 11.2. The first kappa shape index (κ1) is 15.7. The lowest BCUT2D eigenvalue weighted by atomic mass is 9.87. The van der Waals surface area contributed by atoms with E-state index in [0.717, 1.165) is 12.1 Å². The molecule has 0 heterocycles. The normalized spacial score (nSPS) is 16.9. The van der Waals surface area contributed by atoms with Crippen molar-refractivity contribution in [3.05, 3.63) is 83.5 Å². The monoisotopic (exact) mass is 304 g/mol. The van der Waals surface area contributed by atoms with Crippen LogP contribution in [0.4, 0.5) is 0 Å². The van der Waals surface area contributed by atoms with E-state index in [1.165, 1.54) is 22.3 Å². The van der Waals surface area contributed by atoms with E-state index in [9.17, 15) is 5.11 Å². The summed E-state index contributed by atoms with van der Waals surface area (Å²) in [6.07, 6.45) is 6.65. The Balaban J connectivity index is 1.97. The highest BCUT2D eigenvalue weighted by atomic mass is 16.3. The standard InChI is InChI=1S/C21H22NO/c1-22(2)14-18-6-5-9-20(18)21-8-4-3-7-19(21)17-12-10-16(15-23)11-13-17/h3-13,20H,14-15H2,1-2H3. The smallest absolute Gasteiger partial charge is 0.107 e. The molecular weight excluding hydrogens is 282 g/mol. The first-order valence-electron chi connectivity index (χ1n) is 7.97. The van der Waals surface area contributed by atoms with Gasteiger partial charge in [-0.3, -0.25) is 0 Å². The summed E-state index contributed by atoms with van der Waals surface area (Å²) in [5, 5.41) is 11.0. The van der Waals surface area contributed by atoms with Crippen LogP contribution in [0.3, 0.4) is 0 Å². The van der Waals surface area contributed by atoms with Gasteiger partial charge in [0.15, 0.2) is 0 Å². The van der Waals surface area contributed by atoms with Crippen LogP contribution in [0.25, 0.3) is 11.1 Å². The highest BCUT2D eigenvalue weighted by Gasteiger charge is 2.20. The van der Waals surface area contributed by atoms with Crippen molar-refractivity contribution in [2.24, 2.45) is 0 Å². The first-order valence-corrected chi connectivity index (χ1v) is 7.97. The predicted octanol–water partition coefficient (Wildman–Crippen LogP) is 4.43. The predicted molar refractivity (Wildman–Crippen MR) is 94.8 cm³/mol. The van der Waals surface area contributed by atoms with Gasteiger partial charge in [-0.1, -0.05) is 66.8 Å². The van der Waals surface area contributed by atoms with E-state index in [2.05, 4.69) is 73.6 Å². The molecule has 0 amide bonds. The molecule has 1 atom stereocenters. The lowest BCUT2D eigenvalue weighted by Crippen LogP contribution is -2.17. The molecule has 0 fully saturated rings. The number of hydrogen-bond acceptors (Lipinski definition) is 1. The van der Waals surface area contributed by atoms with E-state index >= 15 is 0 Å². The average Bonchev–Trinajstić information content (AvgIpc) is 3.02. The summed E-state index contributed by atoms with van der Waals surface area (Å²) >= 11 is 0. The van der Waals surface area contributed by atoms with Gasteiger partial charge < -0.3 is 4.90 Å². The lowest BCUT2D eigenvalue weighted by molar-refractivity contribution is 0.177. The molecule has 3 rings (SSSR count). The van der Waals surface area contributed by atoms with Crippen LogP contribution in [0, 0.1) is 0 Å². The van der Waals surface area contributed by atoms with Crippen LogP contribution in [0.1, 0.15) is 17.0 Å². The van der Waals surface area contributed by atoms with E-state index < -0.39 is 0 Å². The third-order valence-electron chi connectivity index (χ3n) is 4.24. The summed E-state index contributed by atoms with van der Waals surface area (Å²) in [5.74, 6) is 0.327.